The molecule has 6 heteroatoms. The van der Waals surface area contributed by atoms with E-state index in [2.05, 4.69) is 25.9 Å². The van der Waals surface area contributed by atoms with Crippen LogP contribution in [0.2, 0.25) is 0 Å². The van der Waals surface area contributed by atoms with E-state index in [4.69, 9.17) is 5.11 Å². The topological polar surface area (TPSA) is 63.1 Å². The predicted octanol–water partition coefficient (Wildman–Crippen LogP) is 3.82. The average Bonchev–Trinajstić information content (AvgIpc) is 2.87. The Labute approximate surface area is 120 Å². The third kappa shape index (κ3) is 2.24. The highest BCUT2D eigenvalue weighted by molar-refractivity contribution is 9.10. The quantitative estimate of drug-likeness (QED) is 0.773. The van der Waals surface area contributed by atoms with Crippen molar-refractivity contribution in [2.75, 3.05) is 0 Å². The Hall–Kier alpha value is -1.79. The van der Waals surface area contributed by atoms with Crippen molar-refractivity contribution in [1.29, 1.82) is 0 Å². The predicted molar refractivity (Wildman–Crippen MR) is 77.5 cm³/mol. The molecule has 0 aliphatic carbocycles. The molecule has 94 valence electrons. The molecule has 3 aromatic rings. The first kappa shape index (κ1) is 12.3. The van der Waals surface area contributed by atoms with Gasteiger partial charge in [-0.2, -0.15) is 0 Å². The van der Waals surface area contributed by atoms with Crippen LogP contribution in [-0.4, -0.2) is 21.0 Å². The Morgan fingerprint density at radius 2 is 2.11 bits per heavy atom. The number of thiazole rings is 1. The summed E-state index contributed by atoms with van der Waals surface area (Å²) in [6.07, 6.45) is 1.35. The Morgan fingerprint density at radius 1 is 1.32 bits per heavy atom. The van der Waals surface area contributed by atoms with E-state index in [9.17, 15) is 4.79 Å². The van der Waals surface area contributed by atoms with Crippen LogP contribution in [0.5, 0.6) is 0 Å². The van der Waals surface area contributed by atoms with Gasteiger partial charge >= 0.3 is 5.97 Å². The number of aromatic nitrogens is 2. The fourth-order valence-corrected chi connectivity index (χ4v) is 3.14. The molecule has 2 heterocycles. The Morgan fingerprint density at radius 3 is 2.84 bits per heavy atom. The van der Waals surface area contributed by atoms with Gasteiger partial charge in [0.2, 0.25) is 0 Å². The smallest absolute Gasteiger partial charge is 0.347 e. The minimum atomic E-state index is -0.972. The Kier molecular flexibility index (Phi) is 3.04. The van der Waals surface area contributed by atoms with Gasteiger partial charge in [-0.05, 0) is 28.1 Å². The molecule has 3 rings (SSSR count). The van der Waals surface area contributed by atoms with Gasteiger partial charge in [-0.3, -0.25) is 0 Å². The first-order valence-electron chi connectivity index (χ1n) is 5.40. The fraction of sp³-hybridized carbons (Fsp3) is 0. The van der Waals surface area contributed by atoms with Gasteiger partial charge in [-0.25, -0.2) is 14.8 Å². The van der Waals surface area contributed by atoms with E-state index in [0.29, 0.717) is 10.7 Å². The molecule has 0 unspecified atom stereocenters. The summed E-state index contributed by atoms with van der Waals surface area (Å²) in [7, 11) is 0. The molecule has 1 aromatic carbocycles. The van der Waals surface area contributed by atoms with Gasteiger partial charge in [-0.1, -0.05) is 18.2 Å². The monoisotopic (exact) mass is 334 g/mol. The first-order chi connectivity index (χ1) is 9.15. The number of halogens is 1. The van der Waals surface area contributed by atoms with Crippen molar-refractivity contribution in [1.82, 2.24) is 9.97 Å². The maximum atomic E-state index is 10.9. The Bertz CT molecular complexity index is 785. The summed E-state index contributed by atoms with van der Waals surface area (Å²) in [6, 6.07) is 9.71. The lowest BCUT2D eigenvalue weighted by Crippen LogP contribution is -1.89. The number of rotatable bonds is 2. The first-order valence-corrected chi connectivity index (χ1v) is 7.01. The third-order valence-corrected chi connectivity index (χ3v) is 4.19. The summed E-state index contributed by atoms with van der Waals surface area (Å²) in [6.45, 7) is 0. The van der Waals surface area contributed by atoms with Crippen LogP contribution in [0, 0.1) is 0 Å². The van der Waals surface area contributed by atoms with E-state index in [1.165, 1.54) is 6.20 Å². The molecule has 4 nitrogen and oxygen atoms in total. The Balaban J connectivity index is 2.18. The number of aromatic carboxylic acids is 1. The summed E-state index contributed by atoms with van der Waals surface area (Å²) < 4.78 is 0.803. The highest BCUT2D eigenvalue weighted by atomic mass is 79.9. The van der Waals surface area contributed by atoms with Gasteiger partial charge in [-0.15, -0.1) is 11.3 Å². The summed E-state index contributed by atoms with van der Waals surface area (Å²) in [5.74, 6) is -0.972. The van der Waals surface area contributed by atoms with Crippen LogP contribution < -0.4 is 0 Å². The van der Waals surface area contributed by atoms with Crippen molar-refractivity contribution in [2.24, 2.45) is 0 Å². The number of hydrogen-bond donors (Lipinski definition) is 1. The SMILES string of the molecule is O=C(O)c1cnc(-c2nc3ccccc3cc2Br)s1. The summed E-state index contributed by atoms with van der Waals surface area (Å²) >= 11 is 4.57. The number of carboxylic acids is 1. The van der Waals surface area contributed by atoms with E-state index in [0.717, 1.165) is 26.7 Å². The number of hydrogen-bond acceptors (Lipinski definition) is 4. The van der Waals surface area contributed by atoms with Crippen LogP contribution >= 0.6 is 27.3 Å². The van der Waals surface area contributed by atoms with Gasteiger partial charge < -0.3 is 5.11 Å². The normalized spacial score (nSPS) is 10.8. The van der Waals surface area contributed by atoms with E-state index < -0.39 is 5.97 Å². The molecular weight excluding hydrogens is 328 g/mol. The summed E-state index contributed by atoms with van der Waals surface area (Å²) in [5, 5.41) is 10.5. The van der Waals surface area contributed by atoms with E-state index in [-0.39, 0.29) is 4.88 Å². The molecule has 1 N–H and O–H groups in total. The lowest BCUT2D eigenvalue weighted by atomic mass is 10.2. The number of carboxylic acid groups (broad SMARTS) is 1. The second-order valence-corrected chi connectivity index (χ2v) is 5.73. The largest absolute Gasteiger partial charge is 0.477 e. The van der Waals surface area contributed by atoms with Crippen molar-refractivity contribution in [3.05, 3.63) is 45.9 Å². The molecule has 0 aliphatic rings. The molecule has 0 bridgehead atoms. The second-order valence-electron chi connectivity index (χ2n) is 3.85. The molecule has 19 heavy (non-hydrogen) atoms. The van der Waals surface area contributed by atoms with Crippen molar-refractivity contribution in [3.8, 4) is 10.7 Å². The number of benzene rings is 1. The standard InChI is InChI=1S/C13H7BrN2O2S/c14-8-5-7-3-1-2-4-9(7)16-11(8)12-15-6-10(19-12)13(17)18/h1-6H,(H,17,18). The highest BCUT2D eigenvalue weighted by Gasteiger charge is 2.14. The number of carbonyl (C=O) groups is 1. The van der Waals surface area contributed by atoms with Gasteiger partial charge in [0.05, 0.1) is 11.7 Å². The molecule has 0 radical (unpaired) electrons. The zero-order valence-electron chi connectivity index (χ0n) is 9.50. The molecule has 0 atom stereocenters. The molecule has 0 saturated carbocycles. The maximum absolute atomic E-state index is 10.9. The number of para-hydroxylation sites is 1. The van der Waals surface area contributed by atoms with Crippen molar-refractivity contribution in [3.63, 3.8) is 0 Å². The van der Waals surface area contributed by atoms with Crippen LogP contribution in [-0.2, 0) is 0 Å². The van der Waals surface area contributed by atoms with Crippen LogP contribution in [0.15, 0.2) is 41.0 Å². The molecule has 0 spiro atoms. The zero-order valence-corrected chi connectivity index (χ0v) is 11.9. The van der Waals surface area contributed by atoms with Gasteiger partial charge in [0.15, 0.2) is 0 Å². The van der Waals surface area contributed by atoms with E-state index >= 15 is 0 Å². The van der Waals surface area contributed by atoms with E-state index in [1.807, 2.05) is 30.3 Å². The molecule has 2 aromatic heterocycles. The minimum absolute atomic E-state index is 0.205. The minimum Gasteiger partial charge on any atom is -0.477 e. The number of fused-ring (bicyclic) bond motifs is 1. The summed E-state index contributed by atoms with van der Waals surface area (Å²) in [4.78, 5) is 19.7. The molecule has 0 aliphatic heterocycles. The van der Waals surface area contributed by atoms with Crippen LogP contribution in [0.25, 0.3) is 21.6 Å². The lowest BCUT2D eigenvalue weighted by molar-refractivity contribution is 0.0702. The summed E-state index contributed by atoms with van der Waals surface area (Å²) in [5.41, 5.74) is 1.52. The molecule has 0 fully saturated rings. The molecule has 0 amide bonds. The van der Waals surface area contributed by atoms with Crippen molar-refractivity contribution >= 4 is 44.1 Å². The highest BCUT2D eigenvalue weighted by Crippen LogP contribution is 2.32. The molecular formula is C13H7BrN2O2S. The van der Waals surface area contributed by atoms with Gasteiger partial charge in [0.1, 0.15) is 15.6 Å². The lowest BCUT2D eigenvalue weighted by Gasteiger charge is -2.03. The van der Waals surface area contributed by atoms with Crippen LogP contribution in [0.3, 0.4) is 0 Å². The average molecular weight is 335 g/mol. The van der Waals surface area contributed by atoms with Crippen molar-refractivity contribution < 1.29 is 9.90 Å². The fourth-order valence-electron chi connectivity index (χ4n) is 1.72. The van der Waals surface area contributed by atoms with Crippen molar-refractivity contribution in [2.45, 2.75) is 0 Å². The number of pyridine rings is 1. The zero-order chi connectivity index (χ0) is 13.4. The third-order valence-electron chi connectivity index (χ3n) is 2.60. The number of nitrogens with zero attached hydrogens (tertiary/aromatic N) is 2. The second kappa shape index (κ2) is 4.71. The maximum Gasteiger partial charge on any atom is 0.347 e. The van der Waals surface area contributed by atoms with Gasteiger partial charge in [0, 0.05) is 9.86 Å². The van der Waals surface area contributed by atoms with Crippen LogP contribution in [0.1, 0.15) is 9.67 Å². The molecule has 0 saturated heterocycles. The van der Waals surface area contributed by atoms with Gasteiger partial charge in [0.25, 0.3) is 0 Å². The van der Waals surface area contributed by atoms with E-state index in [1.54, 1.807) is 0 Å². The van der Waals surface area contributed by atoms with Crippen LogP contribution in [0.4, 0.5) is 0 Å².